The molecule has 1 aromatic heterocycles. The van der Waals surface area contributed by atoms with E-state index < -0.39 is 21.4 Å². The van der Waals surface area contributed by atoms with E-state index in [1.165, 1.54) is 10.9 Å². The van der Waals surface area contributed by atoms with Gasteiger partial charge in [-0.2, -0.15) is 5.10 Å². The van der Waals surface area contributed by atoms with Gasteiger partial charge >= 0.3 is 5.97 Å². The number of nitrogens with two attached hydrogens (primary N) is 1. The number of aryl methyl sites for hydroxylation is 1. The maximum atomic E-state index is 12.4. The van der Waals surface area contributed by atoms with Crippen molar-refractivity contribution in [1.29, 1.82) is 0 Å². The van der Waals surface area contributed by atoms with Gasteiger partial charge in [-0.05, 0) is 18.8 Å². The fourth-order valence-electron chi connectivity index (χ4n) is 3.81. The molecule has 9 nitrogen and oxygen atoms in total. The normalized spacial score (nSPS) is 26.5. The van der Waals surface area contributed by atoms with Crippen molar-refractivity contribution in [2.75, 3.05) is 13.1 Å². The molecule has 3 N–H and O–H groups in total. The standard InChI is InChI=1S/C14H20N4O5S/c15-24(22,23)11-6-16-18(8-11)5-3-12(19)17-7-10-2-1-4-14(10,9-17)13(20)21/h6,8,10H,1-5,7,9H2,(H,20,21)(H2,15,22,23)/t10-,14+/m0/s1. The van der Waals surface area contributed by atoms with Crippen LogP contribution in [0.1, 0.15) is 25.7 Å². The van der Waals surface area contributed by atoms with Crippen molar-refractivity contribution >= 4 is 21.9 Å². The van der Waals surface area contributed by atoms with Crippen LogP contribution < -0.4 is 5.14 Å². The summed E-state index contributed by atoms with van der Waals surface area (Å²) in [6, 6.07) is 0. The third-order valence-corrected chi connectivity index (χ3v) is 6.01. The van der Waals surface area contributed by atoms with Gasteiger partial charge in [0.05, 0.1) is 11.6 Å². The van der Waals surface area contributed by atoms with Gasteiger partial charge in [-0.1, -0.05) is 6.42 Å². The molecule has 10 heteroatoms. The Hall–Kier alpha value is -1.94. The third kappa shape index (κ3) is 2.91. The van der Waals surface area contributed by atoms with Crippen LogP contribution in [0.15, 0.2) is 17.3 Å². The lowest BCUT2D eigenvalue weighted by Crippen LogP contribution is -2.37. The molecule has 1 saturated heterocycles. The molecule has 0 unspecified atom stereocenters. The Bertz CT molecular complexity index is 774. The summed E-state index contributed by atoms with van der Waals surface area (Å²) in [5.41, 5.74) is -0.790. The minimum absolute atomic E-state index is 0.0256. The molecule has 1 amide bonds. The summed E-state index contributed by atoms with van der Waals surface area (Å²) < 4.78 is 23.7. The number of fused-ring (bicyclic) bond motifs is 1. The molecule has 2 fully saturated rings. The van der Waals surface area contributed by atoms with Crippen molar-refractivity contribution < 1.29 is 23.1 Å². The minimum Gasteiger partial charge on any atom is -0.481 e. The first-order chi connectivity index (χ1) is 11.2. The van der Waals surface area contributed by atoms with E-state index in [2.05, 4.69) is 5.10 Å². The SMILES string of the molecule is NS(=O)(=O)c1cnn(CCC(=O)N2C[C@@H]3CCC[C@@]3(C(=O)O)C2)c1. The van der Waals surface area contributed by atoms with E-state index in [1.807, 2.05) is 0 Å². The van der Waals surface area contributed by atoms with Crippen LogP contribution in [0.2, 0.25) is 0 Å². The molecule has 0 aromatic carbocycles. The predicted octanol–water partition coefficient (Wildman–Crippen LogP) is -0.366. The molecule has 0 radical (unpaired) electrons. The maximum absolute atomic E-state index is 12.4. The molecule has 1 aromatic rings. The molecular formula is C14H20N4O5S. The van der Waals surface area contributed by atoms with Crippen LogP contribution in [-0.4, -0.2) is 53.2 Å². The zero-order chi connectivity index (χ0) is 17.5. The van der Waals surface area contributed by atoms with Crippen molar-refractivity contribution in [2.45, 2.75) is 37.1 Å². The summed E-state index contributed by atoms with van der Waals surface area (Å²) in [7, 11) is -3.81. The van der Waals surface area contributed by atoms with E-state index in [4.69, 9.17) is 5.14 Å². The first-order valence-corrected chi connectivity index (χ1v) is 9.33. The van der Waals surface area contributed by atoms with E-state index in [1.54, 1.807) is 4.90 Å². The second kappa shape index (κ2) is 5.85. The van der Waals surface area contributed by atoms with Gasteiger partial charge in [0.1, 0.15) is 4.90 Å². The molecule has 3 rings (SSSR count). The van der Waals surface area contributed by atoms with E-state index in [0.29, 0.717) is 13.0 Å². The number of carboxylic acid groups (broad SMARTS) is 1. The predicted molar refractivity (Wildman–Crippen MR) is 82.2 cm³/mol. The number of carbonyl (C=O) groups is 2. The number of likely N-dealkylation sites (tertiary alicyclic amines) is 1. The van der Waals surface area contributed by atoms with Crippen molar-refractivity contribution in [3.05, 3.63) is 12.4 Å². The van der Waals surface area contributed by atoms with E-state index >= 15 is 0 Å². The monoisotopic (exact) mass is 356 g/mol. The van der Waals surface area contributed by atoms with Crippen LogP contribution >= 0.6 is 0 Å². The number of hydrogen-bond acceptors (Lipinski definition) is 5. The number of carboxylic acids is 1. The molecule has 2 aliphatic rings. The Morgan fingerprint density at radius 3 is 2.79 bits per heavy atom. The molecule has 0 spiro atoms. The summed E-state index contributed by atoms with van der Waals surface area (Å²) in [5, 5.41) is 18.4. The van der Waals surface area contributed by atoms with Crippen LogP contribution in [0.4, 0.5) is 0 Å². The molecule has 132 valence electrons. The van der Waals surface area contributed by atoms with Gasteiger partial charge in [-0.3, -0.25) is 14.3 Å². The van der Waals surface area contributed by atoms with Gasteiger partial charge in [0.25, 0.3) is 0 Å². The summed E-state index contributed by atoms with van der Waals surface area (Å²) in [5.74, 6) is -0.930. The highest BCUT2D eigenvalue weighted by Gasteiger charge is 2.55. The quantitative estimate of drug-likeness (QED) is 0.739. The van der Waals surface area contributed by atoms with Gasteiger partial charge < -0.3 is 10.0 Å². The smallest absolute Gasteiger partial charge is 0.311 e. The van der Waals surface area contributed by atoms with Gasteiger partial charge in [0.15, 0.2) is 0 Å². The third-order valence-electron chi connectivity index (χ3n) is 5.14. The van der Waals surface area contributed by atoms with Crippen LogP contribution in [0, 0.1) is 11.3 Å². The van der Waals surface area contributed by atoms with Gasteiger partial charge in [-0.25, -0.2) is 13.6 Å². The van der Waals surface area contributed by atoms with Crippen molar-refractivity contribution in [3.63, 3.8) is 0 Å². The Labute approximate surface area is 139 Å². The molecular weight excluding hydrogens is 336 g/mol. The number of sulfonamides is 1. The molecule has 0 bridgehead atoms. The van der Waals surface area contributed by atoms with E-state index in [0.717, 1.165) is 19.0 Å². The average molecular weight is 356 g/mol. The lowest BCUT2D eigenvalue weighted by atomic mass is 9.81. The maximum Gasteiger partial charge on any atom is 0.311 e. The van der Waals surface area contributed by atoms with E-state index in [9.17, 15) is 23.1 Å². The number of hydrogen-bond donors (Lipinski definition) is 2. The Kier molecular flexibility index (Phi) is 4.12. The van der Waals surface area contributed by atoms with Crippen LogP contribution in [0.3, 0.4) is 0 Å². The number of aliphatic carboxylic acids is 1. The average Bonchev–Trinajstić information content (AvgIpc) is 3.17. The fraction of sp³-hybridized carbons (Fsp3) is 0.643. The molecule has 24 heavy (non-hydrogen) atoms. The minimum atomic E-state index is -3.81. The lowest BCUT2D eigenvalue weighted by molar-refractivity contribution is -0.149. The highest BCUT2D eigenvalue weighted by Crippen LogP contribution is 2.48. The van der Waals surface area contributed by atoms with Gasteiger partial charge in [0, 0.05) is 32.3 Å². The van der Waals surface area contributed by atoms with Gasteiger partial charge in [0.2, 0.25) is 15.9 Å². The van der Waals surface area contributed by atoms with Crippen molar-refractivity contribution in [2.24, 2.45) is 16.5 Å². The summed E-state index contributed by atoms with van der Waals surface area (Å²) in [6.07, 6.45) is 4.90. The summed E-state index contributed by atoms with van der Waals surface area (Å²) in [4.78, 5) is 25.5. The second-order valence-corrected chi connectivity index (χ2v) is 8.12. The zero-order valence-corrected chi connectivity index (χ0v) is 13.9. The molecule has 1 aliphatic heterocycles. The topological polar surface area (TPSA) is 136 Å². The molecule has 2 heterocycles. The number of primary sulfonamides is 1. The first-order valence-electron chi connectivity index (χ1n) is 7.79. The Morgan fingerprint density at radius 1 is 1.46 bits per heavy atom. The Morgan fingerprint density at radius 2 is 2.21 bits per heavy atom. The first kappa shape index (κ1) is 16.9. The summed E-state index contributed by atoms with van der Waals surface area (Å²) in [6.45, 7) is 0.954. The van der Waals surface area contributed by atoms with Crippen molar-refractivity contribution in [3.8, 4) is 0 Å². The number of aromatic nitrogens is 2. The number of rotatable bonds is 5. The molecule has 1 aliphatic carbocycles. The zero-order valence-electron chi connectivity index (χ0n) is 13.1. The van der Waals surface area contributed by atoms with Crippen molar-refractivity contribution in [1.82, 2.24) is 14.7 Å². The van der Waals surface area contributed by atoms with Crippen LogP contribution in [-0.2, 0) is 26.2 Å². The van der Waals surface area contributed by atoms with E-state index in [-0.39, 0.29) is 36.2 Å². The molecule has 2 atom stereocenters. The number of amides is 1. The van der Waals surface area contributed by atoms with Gasteiger partial charge in [-0.15, -0.1) is 0 Å². The second-order valence-electron chi connectivity index (χ2n) is 6.56. The lowest BCUT2D eigenvalue weighted by Gasteiger charge is -2.23. The molecule has 1 saturated carbocycles. The highest BCUT2D eigenvalue weighted by atomic mass is 32.2. The number of carbonyl (C=O) groups excluding carboxylic acids is 1. The van der Waals surface area contributed by atoms with Crippen LogP contribution in [0.5, 0.6) is 0 Å². The number of nitrogens with zero attached hydrogens (tertiary/aromatic N) is 3. The Balaban J connectivity index is 1.61. The van der Waals surface area contributed by atoms with Crippen LogP contribution in [0.25, 0.3) is 0 Å². The fourth-order valence-corrected chi connectivity index (χ4v) is 4.27. The largest absolute Gasteiger partial charge is 0.481 e. The summed E-state index contributed by atoms with van der Waals surface area (Å²) >= 11 is 0. The highest BCUT2D eigenvalue weighted by molar-refractivity contribution is 7.89.